The lowest BCUT2D eigenvalue weighted by molar-refractivity contribution is -0.0502. The minimum atomic E-state index is 0.276. The summed E-state index contributed by atoms with van der Waals surface area (Å²) in [6.45, 7) is 11.6. The van der Waals surface area contributed by atoms with Crippen molar-refractivity contribution in [3.63, 3.8) is 0 Å². The van der Waals surface area contributed by atoms with Crippen LogP contribution in [0.2, 0.25) is 0 Å². The largest absolute Gasteiger partial charge is 0.373 e. The highest BCUT2D eigenvalue weighted by atomic mass is 16.5. The second-order valence-electron chi connectivity index (χ2n) is 8.31. The third-order valence-corrected chi connectivity index (χ3v) is 6.52. The Kier molecular flexibility index (Phi) is 6.50. The summed E-state index contributed by atoms with van der Waals surface area (Å²) in [4.78, 5) is 12.1. The van der Waals surface area contributed by atoms with Gasteiger partial charge in [-0.2, -0.15) is 0 Å². The Morgan fingerprint density at radius 1 is 1.18 bits per heavy atom. The van der Waals surface area contributed by atoms with E-state index in [1.54, 1.807) is 0 Å². The number of nitrogens with zero attached hydrogens (tertiary/aromatic N) is 4. The molecular weight excluding hydrogens is 350 g/mol. The third kappa shape index (κ3) is 4.50. The van der Waals surface area contributed by atoms with Gasteiger partial charge in [0.1, 0.15) is 0 Å². The molecule has 1 N–H and O–H groups in total. The van der Waals surface area contributed by atoms with E-state index in [2.05, 4.69) is 62.3 Å². The number of hydrogen-bond donors (Lipinski definition) is 1. The molecule has 0 amide bonds. The molecule has 6 heteroatoms. The van der Waals surface area contributed by atoms with Gasteiger partial charge >= 0.3 is 0 Å². The van der Waals surface area contributed by atoms with Crippen molar-refractivity contribution in [1.82, 2.24) is 20.0 Å². The average Bonchev–Trinajstić information content (AvgIpc) is 3.37. The van der Waals surface area contributed by atoms with Crippen LogP contribution in [-0.2, 0) is 11.3 Å². The molecule has 0 aromatic heterocycles. The van der Waals surface area contributed by atoms with Gasteiger partial charge in [-0.25, -0.2) is 0 Å². The first-order chi connectivity index (χ1) is 13.8. The van der Waals surface area contributed by atoms with Crippen molar-refractivity contribution in [2.24, 2.45) is 10.9 Å². The zero-order valence-electron chi connectivity index (χ0n) is 17.4. The van der Waals surface area contributed by atoms with E-state index in [4.69, 9.17) is 4.74 Å². The summed E-state index contributed by atoms with van der Waals surface area (Å²) in [6.07, 6.45) is 1.56. The third-order valence-electron chi connectivity index (χ3n) is 6.52. The van der Waals surface area contributed by atoms with Crippen LogP contribution in [0.5, 0.6) is 0 Å². The van der Waals surface area contributed by atoms with E-state index in [0.717, 1.165) is 57.8 Å². The maximum absolute atomic E-state index is 6.13. The lowest BCUT2D eigenvalue weighted by Crippen LogP contribution is -2.50. The average molecular weight is 386 g/mol. The smallest absolute Gasteiger partial charge is 0.193 e. The fourth-order valence-corrected chi connectivity index (χ4v) is 4.88. The first-order valence-corrected chi connectivity index (χ1v) is 10.8. The van der Waals surface area contributed by atoms with Gasteiger partial charge in [-0.3, -0.25) is 9.89 Å². The van der Waals surface area contributed by atoms with Crippen LogP contribution in [0.3, 0.4) is 0 Å². The van der Waals surface area contributed by atoms with Gasteiger partial charge in [-0.05, 0) is 31.0 Å². The van der Waals surface area contributed by atoms with E-state index in [-0.39, 0.29) is 6.10 Å². The first-order valence-electron chi connectivity index (χ1n) is 10.8. The highest BCUT2D eigenvalue weighted by Crippen LogP contribution is 2.25. The van der Waals surface area contributed by atoms with Crippen molar-refractivity contribution < 1.29 is 4.74 Å². The van der Waals surface area contributed by atoms with Crippen LogP contribution in [0.15, 0.2) is 35.3 Å². The number of hydrogen-bond acceptors (Lipinski definition) is 4. The van der Waals surface area contributed by atoms with E-state index < -0.39 is 0 Å². The zero-order valence-corrected chi connectivity index (χ0v) is 17.4. The Hall–Kier alpha value is -1.63. The number of ether oxygens (including phenoxy) is 1. The molecule has 1 aromatic rings. The number of benzene rings is 1. The summed E-state index contributed by atoms with van der Waals surface area (Å²) in [5.74, 6) is 1.76. The molecule has 0 bridgehead atoms. The van der Waals surface area contributed by atoms with E-state index in [1.165, 1.54) is 25.1 Å². The van der Waals surface area contributed by atoms with Crippen LogP contribution < -0.4 is 5.32 Å². The molecule has 3 aliphatic rings. The molecule has 28 heavy (non-hydrogen) atoms. The minimum absolute atomic E-state index is 0.276. The number of fused-ring (bicyclic) bond motifs is 1. The molecule has 0 spiro atoms. The Bertz CT molecular complexity index is 652. The predicted octanol–water partition coefficient (Wildman–Crippen LogP) is 1.49. The van der Waals surface area contributed by atoms with Gasteiger partial charge in [-0.15, -0.1) is 0 Å². The lowest BCUT2D eigenvalue weighted by atomic mass is 10.1. The summed E-state index contributed by atoms with van der Waals surface area (Å²) in [5.41, 5.74) is 1.38. The van der Waals surface area contributed by atoms with Gasteiger partial charge < -0.3 is 19.9 Å². The summed E-state index contributed by atoms with van der Waals surface area (Å²) in [5, 5.41) is 3.65. The number of morpholine rings is 1. The first kappa shape index (κ1) is 19.7. The predicted molar refractivity (Wildman–Crippen MR) is 114 cm³/mol. The van der Waals surface area contributed by atoms with Crippen molar-refractivity contribution in [3.05, 3.63) is 35.9 Å². The van der Waals surface area contributed by atoms with Gasteiger partial charge in [0.25, 0.3) is 0 Å². The molecule has 0 saturated carbocycles. The lowest BCUT2D eigenvalue weighted by Gasteiger charge is -2.36. The maximum Gasteiger partial charge on any atom is 0.193 e. The summed E-state index contributed by atoms with van der Waals surface area (Å²) in [6, 6.07) is 11.2. The standard InChI is InChI=1S/C22H35N5O/c1-3-25-10-9-19(14-25)13-24-22(23-2)27-16-20-21(17-27)28-12-11-26(20)15-18-7-5-4-6-8-18/h4-8,19-21H,3,9-17H2,1-2H3,(H,23,24). The quantitative estimate of drug-likeness (QED) is 0.615. The monoisotopic (exact) mass is 385 g/mol. The fourth-order valence-electron chi connectivity index (χ4n) is 4.88. The second-order valence-corrected chi connectivity index (χ2v) is 8.31. The Morgan fingerprint density at radius 3 is 2.79 bits per heavy atom. The molecule has 3 heterocycles. The highest BCUT2D eigenvalue weighted by molar-refractivity contribution is 5.80. The van der Waals surface area contributed by atoms with Crippen molar-refractivity contribution in [3.8, 4) is 0 Å². The fraction of sp³-hybridized carbons (Fsp3) is 0.682. The zero-order chi connectivity index (χ0) is 19.3. The normalized spacial score (nSPS) is 29.3. The molecule has 154 valence electrons. The number of aliphatic imine (C=N–C) groups is 1. The maximum atomic E-state index is 6.13. The summed E-state index contributed by atoms with van der Waals surface area (Å²) < 4.78 is 6.13. The molecule has 3 unspecified atom stereocenters. The Balaban J connectivity index is 1.33. The molecule has 6 nitrogen and oxygen atoms in total. The van der Waals surface area contributed by atoms with Crippen molar-refractivity contribution in [1.29, 1.82) is 0 Å². The van der Waals surface area contributed by atoms with Gasteiger partial charge in [-0.1, -0.05) is 37.3 Å². The molecule has 0 radical (unpaired) electrons. The van der Waals surface area contributed by atoms with E-state index in [1.807, 2.05) is 7.05 Å². The summed E-state index contributed by atoms with van der Waals surface area (Å²) in [7, 11) is 1.90. The minimum Gasteiger partial charge on any atom is -0.373 e. The van der Waals surface area contributed by atoms with Gasteiger partial charge in [0, 0.05) is 46.3 Å². The van der Waals surface area contributed by atoms with Crippen LogP contribution in [0, 0.1) is 5.92 Å². The van der Waals surface area contributed by atoms with Gasteiger partial charge in [0.15, 0.2) is 5.96 Å². The number of rotatable bonds is 5. The van der Waals surface area contributed by atoms with Crippen LogP contribution >= 0.6 is 0 Å². The molecule has 3 aliphatic heterocycles. The van der Waals surface area contributed by atoms with Crippen molar-refractivity contribution in [2.45, 2.75) is 32.0 Å². The molecule has 3 atom stereocenters. The second kappa shape index (κ2) is 9.25. The highest BCUT2D eigenvalue weighted by Gasteiger charge is 2.41. The molecule has 3 saturated heterocycles. The van der Waals surface area contributed by atoms with Crippen LogP contribution in [0.1, 0.15) is 18.9 Å². The van der Waals surface area contributed by atoms with Gasteiger partial charge in [0.05, 0.1) is 18.8 Å². The van der Waals surface area contributed by atoms with Crippen molar-refractivity contribution in [2.75, 3.05) is 59.5 Å². The van der Waals surface area contributed by atoms with Crippen LogP contribution in [-0.4, -0.2) is 92.3 Å². The molecule has 0 aliphatic carbocycles. The molecule has 1 aromatic carbocycles. The molecule has 3 fully saturated rings. The van der Waals surface area contributed by atoms with Gasteiger partial charge in [0.2, 0.25) is 0 Å². The Labute approximate surface area is 169 Å². The van der Waals surface area contributed by atoms with E-state index in [9.17, 15) is 0 Å². The van der Waals surface area contributed by atoms with E-state index in [0.29, 0.717) is 6.04 Å². The summed E-state index contributed by atoms with van der Waals surface area (Å²) >= 11 is 0. The number of likely N-dealkylation sites (tertiary alicyclic amines) is 2. The van der Waals surface area contributed by atoms with E-state index >= 15 is 0 Å². The van der Waals surface area contributed by atoms with Crippen LogP contribution in [0.4, 0.5) is 0 Å². The number of nitrogens with one attached hydrogen (secondary N) is 1. The van der Waals surface area contributed by atoms with Crippen LogP contribution in [0.25, 0.3) is 0 Å². The SMILES string of the molecule is CCN1CCC(CNC(=NC)N2CC3OCCN(Cc4ccccc4)C3C2)C1. The number of guanidine groups is 1. The Morgan fingerprint density at radius 2 is 2.04 bits per heavy atom. The molecule has 4 rings (SSSR count). The molecular formula is C22H35N5O. The van der Waals surface area contributed by atoms with Crippen molar-refractivity contribution >= 4 is 5.96 Å². The topological polar surface area (TPSA) is 43.3 Å².